The normalized spacial score (nSPS) is 29.5. The Hall–Kier alpha value is -0.640. The van der Waals surface area contributed by atoms with Crippen LogP contribution in [0.15, 0.2) is 18.2 Å². The summed E-state index contributed by atoms with van der Waals surface area (Å²) >= 11 is 5.89. The summed E-state index contributed by atoms with van der Waals surface area (Å²) in [6.07, 6.45) is 4.71. The van der Waals surface area contributed by atoms with Gasteiger partial charge in [0, 0.05) is 12.1 Å². The molecule has 18 heavy (non-hydrogen) atoms. The number of benzene rings is 1. The van der Waals surface area contributed by atoms with Gasteiger partial charge >= 0.3 is 0 Å². The molecule has 2 nitrogen and oxygen atoms in total. The summed E-state index contributed by atoms with van der Waals surface area (Å²) in [7, 11) is 0. The Morgan fingerprint density at radius 2 is 2.06 bits per heavy atom. The Bertz CT molecular complexity index is 447. The van der Waals surface area contributed by atoms with E-state index in [0.29, 0.717) is 6.04 Å². The number of likely N-dealkylation sites (tertiary alicyclic amines) is 1. The highest BCUT2D eigenvalue weighted by Crippen LogP contribution is 2.39. The van der Waals surface area contributed by atoms with Crippen molar-refractivity contribution in [2.45, 2.75) is 43.8 Å². The van der Waals surface area contributed by atoms with Gasteiger partial charge in [-0.1, -0.05) is 17.7 Å². The number of hydrogen-bond acceptors (Lipinski definition) is 2. The molecule has 2 unspecified atom stereocenters. The van der Waals surface area contributed by atoms with Crippen molar-refractivity contribution in [1.82, 2.24) is 4.90 Å². The van der Waals surface area contributed by atoms with Gasteiger partial charge in [0.1, 0.15) is 5.82 Å². The lowest BCUT2D eigenvalue weighted by atomic mass is 9.90. The van der Waals surface area contributed by atoms with Gasteiger partial charge in [-0.05, 0) is 49.9 Å². The summed E-state index contributed by atoms with van der Waals surface area (Å²) in [4.78, 5) is 2.48. The highest BCUT2D eigenvalue weighted by atomic mass is 35.5. The molecule has 1 aliphatic carbocycles. The van der Waals surface area contributed by atoms with Gasteiger partial charge in [-0.25, -0.2) is 4.39 Å². The molecule has 4 heteroatoms. The van der Waals surface area contributed by atoms with Gasteiger partial charge in [0.15, 0.2) is 0 Å². The summed E-state index contributed by atoms with van der Waals surface area (Å²) < 4.78 is 13.3. The van der Waals surface area contributed by atoms with E-state index >= 15 is 0 Å². The highest BCUT2D eigenvalue weighted by Gasteiger charge is 2.39. The topological polar surface area (TPSA) is 29.3 Å². The quantitative estimate of drug-likeness (QED) is 0.893. The maximum atomic E-state index is 13.3. The maximum Gasteiger partial charge on any atom is 0.141 e. The number of nitrogens with zero attached hydrogens (tertiary/aromatic N) is 1. The first-order chi connectivity index (χ1) is 8.66. The van der Waals surface area contributed by atoms with Crippen molar-refractivity contribution in [2.24, 2.45) is 5.73 Å². The van der Waals surface area contributed by atoms with Gasteiger partial charge in [0.25, 0.3) is 0 Å². The summed E-state index contributed by atoms with van der Waals surface area (Å²) in [5.74, 6) is -0.359. The van der Waals surface area contributed by atoms with Crippen LogP contribution in [0.5, 0.6) is 0 Å². The monoisotopic (exact) mass is 268 g/mol. The van der Waals surface area contributed by atoms with Crippen molar-refractivity contribution < 1.29 is 4.39 Å². The van der Waals surface area contributed by atoms with E-state index in [1.807, 2.05) is 6.07 Å². The molecule has 0 aromatic heterocycles. The molecule has 2 fully saturated rings. The fourth-order valence-electron chi connectivity index (χ4n) is 3.00. The standard InChI is InChI=1S/C14H18ClFN2/c15-11-8-9(3-6-12(11)16)14-13(17)2-1-7-18(14)10-4-5-10/h3,6,8,10,13-14H,1-2,4-5,7,17H2. The molecule has 0 spiro atoms. The van der Waals surface area contributed by atoms with E-state index in [1.165, 1.54) is 18.9 Å². The van der Waals surface area contributed by atoms with E-state index in [1.54, 1.807) is 6.07 Å². The molecule has 2 aliphatic rings. The summed E-state index contributed by atoms with van der Waals surface area (Å²) in [5.41, 5.74) is 7.33. The van der Waals surface area contributed by atoms with Gasteiger partial charge in [-0.15, -0.1) is 0 Å². The molecule has 1 saturated heterocycles. The average Bonchev–Trinajstić information content (AvgIpc) is 3.17. The smallest absolute Gasteiger partial charge is 0.141 e. The Balaban J connectivity index is 1.92. The zero-order valence-electron chi connectivity index (χ0n) is 10.3. The first-order valence-corrected chi connectivity index (χ1v) is 7.01. The highest BCUT2D eigenvalue weighted by molar-refractivity contribution is 6.30. The minimum atomic E-state index is -0.359. The molecule has 1 aromatic rings. The third-order valence-corrected chi connectivity index (χ3v) is 4.31. The molecule has 2 atom stereocenters. The van der Waals surface area contributed by atoms with Gasteiger partial charge in [0.05, 0.1) is 11.1 Å². The third kappa shape index (κ3) is 2.27. The van der Waals surface area contributed by atoms with Crippen molar-refractivity contribution in [1.29, 1.82) is 0 Å². The lowest BCUT2D eigenvalue weighted by Crippen LogP contribution is -2.46. The first-order valence-electron chi connectivity index (χ1n) is 6.63. The van der Waals surface area contributed by atoms with Crippen LogP contribution in [0, 0.1) is 5.82 Å². The molecule has 1 heterocycles. The van der Waals surface area contributed by atoms with Crippen molar-refractivity contribution in [3.63, 3.8) is 0 Å². The zero-order valence-corrected chi connectivity index (χ0v) is 11.0. The lowest BCUT2D eigenvalue weighted by Gasteiger charge is -2.40. The first kappa shape index (κ1) is 12.4. The van der Waals surface area contributed by atoms with Crippen molar-refractivity contribution in [3.05, 3.63) is 34.6 Å². The van der Waals surface area contributed by atoms with Crippen molar-refractivity contribution in [2.75, 3.05) is 6.54 Å². The van der Waals surface area contributed by atoms with Gasteiger partial charge in [-0.2, -0.15) is 0 Å². The molecule has 0 radical (unpaired) electrons. The molecule has 2 N–H and O–H groups in total. The molecule has 98 valence electrons. The second-order valence-corrected chi connectivity index (χ2v) is 5.80. The van der Waals surface area contributed by atoms with E-state index < -0.39 is 0 Å². The van der Waals surface area contributed by atoms with Gasteiger partial charge in [-0.3, -0.25) is 4.90 Å². The Morgan fingerprint density at radius 3 is 2.72 bits per heavy atom. The second kappa shape index (κ2) is 4.80. The molecular formula is C14H18ClFN2. The van der Waals surface area contributed by atoms with Crippen LogP contribution in [0.25, 0.3) is 0 Å². The minimum absolute atomic E-state index is 0.126. The molecule has 1 aliphatic heterocycles. The van der Waals surface area contributed by atoms with Gasteiger partial charge < -0.3 is 5.73 Å². The average molecular weight is 269 g/mol. The molecule has 0 bridgehead atoms. The van der Waals surface area contributed by atoms with Crippen LogP contribution in [0.4, 0.5) is 4.39 Å². The van der Waals surface area contributed by atoms with E-state index in [-0.39, 0.29) is 22.9 Å². The van der Waals surface area contributed by atoms with Gasteiger partial charge in [0.2, 0.25) is 0 Å². The fourth-order valence-corrected chi connectivity index (χ4v) is 3.19. The maximum absolute atomic E-state index is 13.3. The number of hydrogen-bond donors (Lipinski definition) is 1. The zero-order chi connectivity index (χ0) is 12.7. The Labute approximate surface area is 112 Å². The Kier molecular flexibility index (Phi) is 3.31. The number of rotatable bonds is 2. The fraction of sp³-hybridized carbons (Fsp3) is 0.571. The predicted molar refractivity (Wildman–Crippen MR) is 71.1 cm³/mol. The summed E-state index contributed by atoms with van der Waals surface area (Å²) in [6.45, 7) is 1.10. The van der Waals surface area contributed by atoms with Crippen LogP contribution < -0.4 is 5.73 Å². The molecule has 1 aromatic carbocycles. The Morgan fingerprint density at radius 1 is 1.28 bits per heavy atom. The summed E-state index contributed by atoms with van der Waals surface area (Å²) in [5, 5.41) is 0.195. The van der Waals surface area contributed by atoms with Crippen LogP contribution in [-0.2, 0) is 0 Å². The third-order valence-electron chi connectivity index (χ3n) is 4.02. The van der Waals surface area contributed by atoms with Crippen molar-refractivity contribution >= 4 is 11.6 Å². The van der Waals surface area contributed by atoms with E-state index in [9.17, 15) is 4.39 Å². The lowest BCUT2D eigenvalue weighted by molar-refractivity contribution is 0.120. The SMILES string of the molecule is NC1CCCN(C2CC2)C1c1ccc(F)c(Cl)c1. The minimum Gasteiger partial charge on any atom is -0.326 e. The van der Waals surface area contributed by atoms with E-state index in [0.717, 1.165) is 24.9 Å². The van der Waals surface area contributed by atoms with Crippen LogP contribution in [0.1, 0.15) is 37.3 Å². The van der Waals surface area contributed by atoms with Crippen LogP contribution >= 0.6 is 11.6 Å². The molecule has 3 rings (SSSR count). The molecular weight excluding hydrogens is 251 g/mol. The molecule has 0 amide bonds. The van der Waals surface area contributed by atoms with Crippen LogP contribution in [0.2, 0.25) is 5.02 Å². The number of nitrogens with two attached hydrogens (primary N) is 1. The molecule has 1 saturated carbocycles. The largest absolute Gasteiger partial charge is 0.326 e. The van der Waals surface area contributed by atoms with Crippen LogP contribution in [-0.4, -0.2) is 23.5 Å². The second-order valence-electron chi connectivity index (χ2n) is 5.39. The summed E-state index contributed by atoms with van der Waals surface area (Å²) in [6, 6.07) is 6.01. The number of halogens is 2. The van der Waals surface area contributed by atoms with Crippen molar-refractivity contribution in [3.8, 4) is 0 Å². The predicted octanol–water partition coefficient (Wildman–Crippen LogP) is 3.11. The van der Waals surface area contributed by atoms with E-state index in [2.05, 4.69) is 4.90 Å². The van der Waals surface area contributed by atoms with Crippen LogP contribution in [0.3, 0.4) is 0 Å². The number of piperidine rings is 1. The van der Waals surface area contributed by atoms with E-state index in [4.69, 9.17) is 17.3 Å².